The Balaban J connectivity index is 2.05. The van der Waals surface area contributed by atoms with Gasteiger partial charge in [-0.05, 0) is 25.1 Å². The van der Waals surface area contributed by atoms with Gasteiger partial charge >= 0.3 is 0 Å². The number of nitrogens with zero attached hydrogens (tertiary/aromatic N) is 2. The molecule has 18 heavy (non-hydrogen) atoms. The first-order valence-electron chi connectivity index (χ1n) is 5.39. The second-order valence-electron chi connectivity index (χ2n) is 3.79. The standard InChI is InChI=1S/C13H9ClN2O2/c1-8-9(6-7-17-8)13-15-12(16-18-13)10-4-2-3-5-11(10)14/h2-7H,1H3. The molecule has 0 aliphatic rings. The molecular formula is C13H9ClN2O2. The van der Waals surface area contributed by atoms with E-state index in [0.717, 1.165) is 16.9 Å². The first-order chi connectivity index (χ1) is 8.75. The van der Waals surface area contributed by atoms with E-state index >= 15 is 0 Å². The van der Waals surface area contributed by atoms with Crippen molar-refractivity contribution in [2.75, 3.05) is 0 Å². The van der Waals surface area contributed by atoms with Crippen molar-refractivity contribution < 1.29 is 8.94 Å². The van der Waals surface area contributed by atoms with Gasteiger partial charge in [0.05, 0.1) is 16.8 Å². The van der Waals surface area contributed by atoms with Gasteiger partial charge in [0.15, 0.2) is 0 Å². The summed E-state index contributed by atoms with van der Waals surface area (Å²) in [6, 6.07) is 9.15. The monoisotopic (exact) mass is 260 g/mol. The largest absolute Gasteiger partial charge is 0.469 e. The summed E-state index contributed by atoms with van der Waals surface area (Å²) in [6.07, 6.45) is 1.59. The van der Waals surface area contributed by atoms with Crippen molar-refractivity contribution in [1.82, 2.24) is 10.1 Å². The number of aromatic nitrogens is 2. The van der Waals surface area contributed by atoms with E-state index in [9.17, 15) is 0 Å². The topological polar surface area (TPSA) is 52.1 Å². The van der Waals surface area contributed by atoms with Crippen LogP contribution in [0.5, 0.6) is 0 Å². The Bertz CT molecular complexity index is 688. The highest BCUT2D eigenvalue weighted by molar-refractivity contribution is 6.33. The molecule has 4 nitrogen and oxygen atoms in total. The van der Waals surface area contributed by atoms with Gasteiger partial charge in [0.1, 0.15) is 5.76 Å². The normalized spacial score (nSPS) is 10.8. The van der Waals surface area contributed by atoms with E-state index in [2.05, 4.69) is 10.1 Å². The molecular weight excluding hydrogens is 252 g/mol. The second kappa shape index (κ2) is 4.31. The Morgan fingerprint density at radius 2 is 1.94 bits per heavy atom. The molecule has 0 saturated heterocycles. The lowest BCUT2D eigenvalue weighted by molar-refractivity contribution is 0.430. The molecule has 90 valence electrons. The average Bonchev–Trinajstić information content (AvgIpc) is 2.98. The summed E-state index contributed by atoms with van der Waals surface area (Å²) in [7, 11) is 0. The number of benzene rings is 1. The first-order valence-corrected chi connectivity index (χ1v) is 5.76. The zero-order valence-corrected chi connectivity index (χ0v) is 10.3. The molecule has 0 spiro atoms. The van der Waals surface area contributed by atoms with E-state index in [-0.39, 0.29) is 0 Å². The molecule has 0 atom stereocenters. The minimum Gasteiger partial charge on any atom is -0.469 e. The summed E-state index contributed by atoms with van der Waals surface area (Å²) in [5.74, 6) is 1.64. The van der Waals surface area contributed by atoms with Crippen molar-refractivity contribution >= 4 is 11.6 Å². The zero-order valence-electron chi connectivity index (χ0n) is 9.55. The number of furan rings is 1. The summed E-state index contributed by atoms with van der Waals surface area (Å²) in [5.41, 5.74) is 1.54. The maximum Gasteiger partial charge on any atom is 0.261 e. The number of rotatable bonds is 2. The highest BCUT2D eigenvalue weighted by atomic mass is 35.5. The van der Waals surface area contributed by atoms with Crippen LogP contribution >= 0.6 is 11.6 Å². The molecule has 3 aromatic rings. The van der Waals surface area contributed by atoms with E-state index < -0.39 is 0 Å². The molecule has 0 aliphatic heterocycles. The number of hydrogen-bond donors (Lipinski definition) is 0. The molecule has 0 aliphatic carbocycles. The third-order valence-corrected chi connectivity index (χ3v) is 2.96. The van der Waals surface area contributed by atoms with E-state index in [1.165, 1.54) is 0 Å². The third-order valence-electron chi connectivity index (χ3n) is 2.63. The maximum atomic E-state index is 6.08. The fourth-order valence-electron chi connectivity index (χ4n) is 1.69. The Kier molecular flexibility index (Phi) is 2.64. The van der Waals surface area contributed by atoms with Gasteiger partial charge in [-0.3, -0.25) is 0 Å². The van der Waals surface area contributed by atoms with Crippen LogP contribution in [-0.4, -0.2) is 10.1 Å². The van der Waals surface area contributed by atoms with Crippen LogP contribution in [-0.2, 0) is 0 Å². The predicted octanol–water partition coefficient (Wildman–Crippen LogP) is 3.96. The van der Waals surface area contributed by atoms with Gasteiger partial charge in [-0.25, -0.2) is 0 Å². The van der Waals surface area contributed by atoms with Crippen LogP contribution < -0.4 is 0 Å². The zero-order chi connectivity index (χ0) is 12.5. The average molecular weight is 261 g/mol. The fraction of sp³-hybridized carbons (Fsp3) is 0.0769. The highest BCUT2D eigenvalue weighted by Crippen LogP contribution is 2.28. The van der Waals surface area contributed by atoms with Gasteiger partial charge in [-0.15, -0.1) is 0 Å². The van der Waals surface area contributed by atoms with E-state index in [0.29, 0.717) is 16.7 Å². The molecule has 0 saturated carbocycles. The smallest absolute Gasteiger partial charge is 0.261 e. The van der Waals surface area contributed by atoms with Crippen molar-refractivity contribution in [3.8, 4) is 22.8 Å². The van der Waals surface area contributed by atoms with Crippen LogP contribution in [0, 0.1) is 6.92 Å². The van der Waals surface area contributed by atoms with Crippen molar-refractivity contribution in [2.45, 2.75) is 6.92 Å². The van der Waals surface area contributed by atoms with Gasteiger partial charge in [0.25, 0.3) is 5.89 Å². The SMILES string of the molecule is Cc1occc1-c1nc(-c2ccccc2Cl)no1. The number of aryl methyl sites for hydroxylation is 1. The predicted molar refractivity (Wildman–Crippen MR) is 67.2 cm³/mol. The van der Waals surface area contributed by atoms with Crippen molar-refractivity contribution in [2.24, 2.45) is 0 Å². The Morgan fingerprint density at radius 1 is 1.11 bits per heavy atom. The van der Waals surface area contributed by atoms with Crippen LogP contribution in [0.2, 0.25) is 5.02 Å². The number of halogens is 1. The van der Waals surface area contributed by atoms with Crippen molar-refractivity contribution in [3.63, 3.8) is 0 Å². The van der Waals surface area contributed by atoms with Crippen molar-refractivity contribution in [3.05, 3.63) is 47.4 Å². The molecule has 5 heteroatoms. The second-order valence-corrected chi connectivity index (χ2v) is 4.20. The van der Waals surface area contributed by atoms with Crippen LogP contribution in [0.1, 0.15) is 5.76 Å². The lowest BCUT2D eigenvalue weighted by Crippen LogP contribution is -1.82. The Morgan fingerprint density at radius 3 is 2.67 bits per heavy atom. The maximum absolute atomic E-state index is 6.08. The molecule has 1 aromatic carbocycles. The van der Waals surface area contributed by atoms with Crippen LogP contribution in [0.25, 0.3) is 22.8 Å². The molecule has 0 N–H and O–H groups in total. The molecule has 2 aromatic heterocycles. The van der Waals surface area contributed by atoms with E-state index in [1.807, 2.05) is 25.1 Å². The van der Waals surface area contributed by atoms with Crippen LogP contribution in [0.4, 0.5) is 0 Å². The third kappa shape index (κ3) is 1.80. The molecule has 0 bridgehead atoms. The minimum absolute atomic E-state index is 0.427. The lowest BCUT2D eigenvalue weighted by Gasteiger charge is -1.95. The first kappa shape index (κ1) is 11.0. The quantitative estimate of drug-likeness (QED) is 0.700. The summed E-state index contributed by atoms with van der Waals surface area (Å²) < 4.78 is 10.4. The van der Waals surface area contributed by atoms with Crippen molar-refractivity contribution in [1.29, 1.82) is 0 Å². The summed E-state index contributed by atoms with van der Waals surface area (Å²) in [5, 5.41) is 4.52. The van der Waals surface area contributed by atoms with Crippen LogP contribution in [0.3, 0.4) is 0 Å². The molecule has 0 unspecified atom stereocenters. The molecule has 0 fully saturated rings. The summed E-state index contributed by atoms with van der Waals surface area (Å²) in [6.45, 7) is 1.84. The Hall–Kier alpha value is -2.07. The summed E-state index contributed by atoms with van der Waals surface area (Å²) in [4.78, 5) is 4.32. The Labute approximate surface area is 108 Å². The molecule has 0 radical (unpaired) electrons. The molecule has 2 heterocycles. The summed E-state index contributed by atoms with van der Waals surface area (Å²) >= 11 is 6.08. The van der Waals surface area contributed by atoms with Gasteiger partial charge in [0.2, 0.25) is 5.82 Å². The molecule has 3 rings (SSSR count). The van der Waals surface area contributed by atoms with Gasteiger partial charge < -0.3 is 8.94 Å². The highest BCUT2D eigenvalue weighted by Gasteiger charge is 2.15. The minimum atomic E-state index is 0.427. The van der Waals surface area contributed by atoms with Gasteiger partial charge in [-0.2, -0.15) is 4.98 Å². The van der Waals surface area contributed by atoms with E-state index in [1.54, 1.807) is 18.4 Å². The lowest BCUT2D eigenvalue weighted by atomic mass is 10.2. The van der Waals surface area contributed by atoms with E-state index in [4.69, 9.17) is 20.5 Å². The van der Waals surface area contributed by atoms with Gasteiger partial charge in [-0.1, -0.05) is 28.9 Å². The van der Waals surface area contributed by atoms with Gasteiger partial charge in [0, 0.05) is 5.56 Å². The fourth-order valence-corrected chi connectivity index (χ4v) is 1.91. The van der Waals surface area contributed by atoms with Crippen LogP contribution in [0.15, 0.2) is 45.5 Å². The number of hydrogen-bond acceptors (Lipinski definition) is 4. The molecule has 0 amide bonds.